The Morgan fingerprint density at radius 3 is 2.48 bits per heavy atom. The van der Waals surface area contributed by atoms with Crippen LogP contribution in [0.4, 0.5) is 10.5 Å². The number of urea groups is 1. The maximum atomic E-state index is 12.8. The minimum Gasteiger partial charge on any atom is -0.480 e. The second kappa shape index (κ2) is 8.34. The average molecular weight is 435 g/mol. The van der Waals surface area contributed by atoms with E-state index in [-0.39, 0.29) is 27.1 Å². The number of nitrogens with one attached hydrogen (secondary N) is 1. The Morgan fingerprint density at radius 1 is 1.10 bits per heavy atom. The van der Waals surface area contributed by atoms with Crippen LogP contribution in [0.5, 0.6) is 5.75 Å². The van der Waals surface area contributed by atoms with Crippen molar-refractivity contribution in [3.8, 4) is 5.75 Å². The maximum absolute atomic E-state index is 12.8. The standard InChI is InChI=1S/C19H12Cl2N2O6/c20-12-3-1-2-4-14(12)23-18(27)11(17(26)22-19(23)28)7-10-5-6-15(13(21)8-10)29-9-16(24)25/h1-8H,9H2,(H,24,25)(H,22,26,28)/b11-7+. The first-order valence-electron chi connectivity index (χ1n) is 8.08. The van der Waals surface area contributed by atoms with Crippen LogP contribution >= 0.6 is 23.2 Å². The van der Waals surface area contributed by atoms with Crippen molar-refractivity contribution in [3.05, 3.63) is 63.6 Å². The summed E-state index contributed by atoms with van der Waals surface area (Å²) in [7, 11) is 0. The van der Waals surface area contributed by atoms with Crippen LogP contribution in [0, 0.1) is 0 Å². The lowest BCUT2D eigenvalue weighted by Gasteiger charge is -2.27. The molecule has 2 aromatic rings. The van der Waals surface area contributed by atoms with E-state index in [1.807, 2.05) is 0 Å². The number of anilines is 1. The summed E-state index contributed by atoms with van der Waals surface area (Å²) in [5, 5.41) is 11.0. The largest absolute Gasteiger partial charge is 0.480 e. The first-order chi connectivity index (χ1) is 13.8. The molecule has 0 bridgehead atoms. The van der Waals surface area contributed by atoms with E-state index in [1.54, 1.807) is 12.1 Å². The van der Waals surface area contributed by atoms with Crippen molar-refractivity contribution >= 4 is 58.8 Å². The summed E-state index contributed by atoms with van der Waals surface area (Å²) in [5.41, 5.74) is 0.190. The lowest BCUT2D eigenvalue weighted by Crippen LogP contribution is -2.54. The van der Waals surface area contributed by atoms with Crippen molar-refractivity contribution in [2.24, 2.45) is 0 Å². The Bertz CT molecular complexity index is 1070. The quantitative estimate of drug-likeness (QED) is 0.551. The summed E-state index contributed by atoms with van der Waals surface area (Å²) in [6.45, 7) is -0.573. The van der Waals surface area contributed by atoms with Crippen LogP contribution in [0.2, 0.25) is 10.0 Å². The molecule has 1 aliphatic heterocycles. The molecule has 3 rings (SSSR count). The van der Waals surface area contributed by atoms with Gasteiger partial charge in [-0.3, -0.25) is 14.9 Å². The highest BCUT2D eigenvalue weighted by atomic mass is 35.5. The van der Waals surface area contributed by atoms with E-state index in [2.05, 4.69) is 5.32 Å². The Labute approximate surface area is 174 Å². The molecule has 0 spiro atoms. The Kier molecular flexibility index (Phi) is 5.86. The van der Waals surface area contributed by atoms with Gasteiger partial charge in [0.2, 0.25) is 0 Å². The third-order valence-electron chi connectivity index (χ3n) is 3.81. The summed E-state index contributed by atoms with van der Waals surface area (Å²) in [5.74, 6) is -2.76. The number of imide groups is 2. The molecule has 4 amide bonds. The molecular weight excluding hydrogens is 423 g/mol. The van der Waals surface area contributed by atoms with Crippen molar-refractivity contribution in [1.82, 2.24) is 5.32 Å². The fraction of sp³-hybridized carbons (Fsp3) is 0.0526. The van der Waals surface area contributed by atoms with Gasteiger partial charge in [-0.05, 0) is 35.9 Å². The lowest BCUT2D eigenvalue weighted by atomic mass is 10.1. The molecule has 0 unspecified atom stereocenters. The van der Waals surface area contributed by atoms with Crippen molar-refractivity contribution in [2.45, 2.75) is 0 Å². The zero-order valence-corrected chi connectivity index (χ0v) is 16.0. The van der Waals surface area contributed by atoms with Crippen molar-refractivity contribution in [3.63, 3.8) is 0 Å². The Balaban J connectivity index is 1.94. The SMILES string of the molecule is O=C(O)COc1ccc(/C=C2\C(=O)NC(=O)N(c3ccccc3Cl)C2=O)cc1Cl. The van der Waals surface area contributed by atoms with Gasteiger partial charge in [-0.1, -0.05) is 41.4 Å². The molecule has 0 aromatic heterocycles. The van der Waals surface area contributed by atoms with Crippen LogP contribution in [-0.2, 0) is 14.4 Å². The predicted molar refractivity (Wildman–Crippen MR) is 105 cm³/mol. The molecule has 0 aliphatic carbocycles. The van der Waals surface area contributed by atoms with Gasteiger partial charge < -0.3 is 9.84 Å². The van der Waals surface area contributed by atoms with Gasteiger partial charge in [-0.2, -0.15) is 0 Å². The highest BCUT2D eigenvalue weighted by Gasteiger charge is 2.37. The number of carboxylic acids is 1. The summed E-state index contributed by atoms with van der Waals surface area (Å²) in [6.07, 6.45) is 1.25. The van der Waals surface area contributed by atoms with Gasteiger partial charge in [-0.15, -0.1) is 0 Å². The second-order valence-corrected chi connectivity index (χ2v) is 6.60. The molecule has 1 fully saturated rings. The number of para-hydroxylation sites is 1. The van der Waals surface area contributed by atoms with Gasteiger partial charge in [0.15, 0.2) is 6.61 Å². The molecule has 8 nitrogen and oxygen atoms in total. The van der Waals surface area contributed by atoms with E-state index >= 15 is 0 Å². The summed E-state index contributed by atoms with van der Waals surface area (Å²) < 4.78 is 5.02. The van der Waals surface area contributed by atoms with Gasteiger partial charge in [0, 0.05) is 0 Å². The number of nitrogens with zero attached hydrogens (tertiary/aromatic N) is 1. The third kappa shape index (κ3) is 4.39. The fourth-order valence-corrected chi connectivity index (χ4v) is 3.00. The smallest absolute Gasteiger partial charge is 0.341 e. The maximum Gasteiger partial charge on any atom is 0.341 e. The van der Waals surface area contributed by atoms with Crippen LogP contribution in [0.15, 0.2) is 48.0 Å². The minimum atomic E-state index is -1.17. The van der Waals surface area contributed by atoms with E-state index in [0.717, 1.165) is 4.90 Å². The molecule has 0 atom stereocenters. The molecule has 0 saturated carbocycles. The van der Waals surface area contributed by atoms with Crippen LogP contribution in [0.3, 0.4) is 0 Å². The van der Waals surface area contributed by atoms with Crippen LogP contribution in [-0.4, -0.2) is 35.5 Å². The number of carbonyl (C=O) groups excluding carboxylic acids is 3. The zero-order valence-electron chi connectivity index (χ0n) is 14.5. The number of ether oxygens (including phenoxy) is 1. The Morgan fingerprint density at radius 2 is 1.83 bits per heavy atom. The van der Waals surface area contributed by atoms with Crippen molar-refractivity contribution < 1.29 is 29.0 Å². The molecule has 1 aliphatic rings. The van der Waals surface area contributed by atoms with Gasteiger partial charge >= 0.3 is 12.0 Å². The molecule has 2 aromatic carbocycles. The third-order valence-corrected chi connectivity index (χ3v) is 4.43. The average Bonchev–Trinajstić information content (AvgIpc) is 2.65. The first-order valence-corrected chi connectivity index (χ1v) is 8.83. The van der Waals surface area contributed by atoms with E-state index in [1.165, 1.54) is 36.4 Å². The van der Waals surface area contributed by atoms with Crippen LogP contribution < -0.4 is 15.0 Å². The topological polar surface area (TPSA) is 113 Å². The van der Waals surface area contributed by atoms with Crippen LogP contribution in [0.25, 0.3) is 6.08 Å². The van der Waals surface area contributed by atoms with Crippen molar-refractivity contribution in [2.75, 3.05) is 11.5 Å². The summed E-state index contributed by atoms with van der Waals surface area (Å²) in [6, 6.07) is 9.56. The fourth-order valence-electron chi connectivity index (χ4n) is 2.54. The number of aliphatic carboxylic acids is 1. The predicted octanol–water partition coefficient (Wildman–Crippen LogP) is 3.12. The summed E-state index contributed by atoms with van der Waals surface area (Å²) >= 11 is 12.1. The molecule has 2 N–H and O–H groups in total. The second-order valence-electron chi connectivity index (χ2n) is 5.78. The molecular formula is C19H12Cl2N2O6. The van der Waals surface area contributed by atoms with Gasteiger partial charge in [-0.25, -0.2) is 14.5 Å². The molecule has 148 valence electrons. The van der Waals surface area contributed by atoms with E-state index in [9.17, 15) is 19.2 Å². The number of rotatable bonds is 5. The molecule has 0 radical (unpaired) electrons. The van der Waals surface area contributed by atoms with Gasteiger partial charge in [0.25, 0.3) is 11.8 Å². The van der Waals surface area contributed by atoms with E-state index < -0.39 is 30.4 Å². The van der Waals surface area contributed by atoms with E-state index in [4.69, 9.17) is 33.0 Å². The highest BCUT2D eigenvalue weighted by Crippen LogP contribution is 2.30. The number of carboxylic acid groups (broad SMARTS) is 1. The van der Waals surface area contributed by atoms with Crippen molar-refractivity contribution in [1.29, 1.82) is 0 Å². The number of benzene rings is 2. The highest BCUT2D eigenvalue weighted by molar-refractivity contribution is 6.42. The Hall–Kier alpha value is -3.36. The first kappa shape index (κ1) is 20.4. The van der Waals surface area contributed by atoms with Gasteiger partial charge in [0.1, 0.15) is 11.3 Å². The monoisotopic (exact) mass is 434 g/mol. The normalized spacial score (nSPS) is 15.4. The number of barbiturate groups is 1. The molecule has 10 heteroatoms. The number of hydrogen-bond donors (Lipinski definition) is 2. The van der Waals surface area contributed by atoms with Gasteiger partial charge in [0.05, 0.1) is 15.7 Å². The number of hydrogen-bond acceptors (Lipinski definition) is 5. The summed E-state index contributed by atoms with van der Waals surface area (Å²) in [4.78, 5) is 48.6. The number of halogens is 2. The number of carbonyl (C=O) groups is 4. The zero-order chi connectivity index (χ0) is 21.1. The minimum absolute atomic E-state index is 0.0864. The van der Waals surface area contributed by atoms with Crippen LogP contribution in [0.1, 0.15) is 5.56 Å². The number of amides is 4. The molecule has 1 saturated heterocycles. The molecule has 29 heavy (non-hydrogen) atoms. The molecule has 1 heterocycles. The lowest BCUT2D eigenvalue weighted by molar-refractivity contribution is -0.139. The van der Waals surface area contributed by atoms with E-state index in [0.29, 0.717) is 5.56 Å².